The molecule has 1 heterocycles. The second kappa shape index (κ2) is 15.3. The number of rotatable bonds is 14. The molecule has 0 radical (unpaired) electrons. The van der Waals surface area contributed by atoms with Crippen molar-refractivity contribution in [3.05, 3.63) is 105 Å². The lowest BCUT2D eigenvalue weighted by atomic mass is 10.1. The van der Waals surface area contributed by atoms with E-state index >= 15 is 0 Å². The summed E-state index contributed by atoms with van der Waals surface area (Å²) in [5.74, 6) is -2.22. The number of methoxy groups -OCH3 is 1. The number of pyridine rings is 1. The van der Waals surface area contributed by atoms with Gasteiger partial charge in [-0.25, -0.2) is 13.1 Å². The third-order valence-electron chi connectivity index (χ3n) is 6.20. The molecule has 0 aliphatic heterocycles. The van der Waals surface area contributed by atoms with E-state index in [9.17, 15) is 28.0 Å². The molecule has 1 unspecified atom stereocenters. The van der Waals surface area contributed by atoms with Crippen LogP contribution in [0.25, 0.3) is 0 Å². The Balaban J connectivity index is 1.67. The summed E-state index contributed by atoms with van der Waals surface area (Å²) in [6.45, 7) is -0.0718. The second-order valence-electron chi connectivity index (χ2n) is 9.33. The van der Waals surface area contributed by atoms with Crippen LogP contribution in [0.5, 0.6) is 0 Å². The molecule has 5 N–H and O–H groups in total. The van der Waals surface area contributed by atoms with Gasteiger partial charge in [0.05, 0.1) is 32.2 Å². The number of sulfonamides is 1. The summed E-state index contributed by atoms with van der Waals surface area (Å²) >= 11 is 6.03. The van der Waals surface area contributed by atoms with Crippen molar-refractivity contribution in [2.75, 3.05) is 13.7 Å². The molecule has 0 bridgehead atoms. The molecule has 14 heteroatoms. The molecular formula is C28H32ClN5O7S. The molecular weight excluding hydrogens is 586 g/mol. The number of nitrogens with two attached hydrogens (primary N) is 1. The van der Waals surface area contributed by atoms with E-state index in [1.165, 1.54) is 25.4 Å². The third kappa shape index (κ3) is 10.1. The first-order chi connectivity index (χ1) is 20.0. The monoisotopic (exact) mass is 617 g/mol. The van der Waals surface area contributed by atoms with Crippen LogP contribution in [0.1, 0.15) is 27.9 Å². The van der Waals surface area contributed by atoms with Gasteiger partial charge in [-0.3, -0.25) is 14.4 Å². The number of nitrogens with one attached hydrogen (secondary N) is 3. The highest BCUT2D eigenvalue weighted by Gasteiger charge is 2.28. The molecule has 12 nitrogen and oxygen atoms in total. The van der Waals surface area contributed by atoms with Crippen LogP contribution >= 0.6 is 11.6 Å². The fourth-order valence-electron chi connectivity index (χ4n) is 3.99. The Labute approximate surface area is 248 Å². The van der Waals surface area contributed by atoms with Crippen LogP contribution in [0.4, 0.5) is 0 Å². The first-order valence-corrected chi connectivity index (χ1v) is 14.9. The fourth-order valence-corrected chi connectivity index (χ4v) is 5.53. The van der Waals surface area contributed by atoms with Crippen molar-refractivity contribution >= 4 is 39.4 Å². The number of ether oxygens (including phenoxy) is 1. The molecule has 1 atom stereocenters. The number of hydrogen-bond acceptors (Lipinski definition) is 8. The summed E-state index contributed by atoms with van der Waals surface area (Å²) in [6.07, 6.45) is 1.00. The smallest absolute Gasteiger partial charge is 0.309 e. The Morgan fingerprint density at radius 2 is 1.74 bits per heavy atom. The van der Waals surface area contributed by atoms with Gasteiger partial charge in [-0.1, -0.05) is 48.0 Å². The van der Waals surface area contributed by atoms with Crippen LogP contribution in [0.2, 0.25) is 5.02 Å². The molecule has 2 aromatic carbocycles. The molecule has 1 aromatic heterocycles. The minimum absolute atomic E-state index is 0.0388. The molecule has 0 spiro atoms. The number of nitrogens with zero attached hydrogens (tertiary/aromatic N) is 1. The zero-order valence-corrected chi connectivity index (χ0v) is 24.4. The quantitative estimate of drug-likeness (QED) is 0.115. The van der Waals surface area contributed by atoms with Gasteiger partial charge < -0.3 is 26.3 Å². The number of aromatic nitrogens is 1. The number of hydrogen-bond donors (Lipinski definition) is 4. The lowest BCUT2D eigenvalue weighted by Crippen LogP contribution is -2.51. The lowest BCUT2D eigenvalue weighted by molar-refractivity contribution is -0.614. The van der Waals surface area contributed by atoms with E-state index in [2.05, 4.69) is 20.1 Å². The summed E-state index contributed by atoms with van der Waals surface area (Å²) in [6, 6.07) is 14.6. The van der Waals surface area contributed by atoms with Crippen LogP contribution in [-0.4, -0.2) is 45.9 Å². The predicted octanol–water partition coefficient (Wildman–Crippen LogP) is 0.611. The van der Waals surface area contributed by atoms with Crippen molar-refractivity contribution in [3.63, 3.8) is 0 Å². The summed E-state index contributed by atoms with van der Waals surface area (Å²) in [7, 11) is -2.81. The Morgan fingerprint density at radius 3 is 2.40 bits per heavy atom. The number of esters is 1. The summed E-state index contributed by atoms with van der Waals surface area (Å²) in [5, 5.41) is 17.8. The number of carbonyl (C=O) groups is 3. The minimum atomic E-state index is -4.09. The van der Waals surface area contributed by atoms with E-state index in [1.54, 1.807) is 48.5 Å². The Morgan fingerprint density at radius 1 is 1.02 bits per heavy atom. The fraction of sp³-hybridized carbons (Fsp3) is 0.286. The zero-order valence-electron chi connectivity index (χ0n) is 22.8. The second-order valence-corrected chi connectivity index (χ2v) is 11.5. The van der Waals surface area contributed by atoms with Gasteiger partial charge in [0.2, 0.25) is 21.8 Å². The van der Waals surface area contributed by atoms with Crippen LogP contribution in [-0.2, 0) is 60.8 Å². The average molecular weight is 618 g/mol. The maximum absolute atomic E-state index is 13.1. The van der Waals surface area contributed by atoms with Gasteiger partial charge in [-0.2, -0.15) is 4.73 Å². The number of amides is 2. The van der Waals surface area contributed by atoms with Crippen molar-refractivity contribution in [1.29, 1.82) is 0 Å². The Kier molecular flexibility index (Phi) is 11.8. The van der Waals surface area contributed by atoms with E-state index in [-0.39, 0.29) is 31.6 Å². The molecule has 0 aliphatic rings. The molecule has 42 heavy (non-hydrogen) atoms. The molecule has 2 amide bonds. The van der Waals surface area contributed by atoms with E-state index in [0.717, 1.165) is 11.1 Å². The molecule has 0 saturated heterocycles. The maximum atomic E-state index is 13.1. The first kappa shape index (κ1) is 32.5. The highest BCUT2D eigenvalue weighted by atomic mass is 35.5. The van der Waals surface area contributed by atoms with Crippen molar-refractivity contribution in [1.82, 2.24) is 15.4 Å². The van der Waals surface area contributed by atoms with Crippen LogP contribution in [0.15, 0.2) is 66.9 Å². The molecule has 0 saturated carbocycles. The molecule has 3 rings (SSSR count). The minimum Gasteiger partial charge on any atom is -0.619 e. The topological polar surface area (TPSA) is 184 Å². The van der Waals surface area contributed by atoms with Crippen LogP contribution in [0.3, 0.4) is 0 Å². The van der Waals surface area contributed by atoms with Crippen molar-refractivity contribution in [3.8, 4) is 0 Å². The normalized spacial score (nSPS) is 11.9. The van der Waals surface area contributed by atoms with E-state index in [0.29, 0.717) is 20.9 Å². The summed E-state index contributed by atoms with van der Waals surface area (Å²) in [5.41, 5.74) is 8.45. The van der Waals surface area contributed by atoms with E-state index in [1.807, 2.05) is 0 Å². The van der Waals surface area contributed by atoms with Crippen molar-refractivity contribution in [2.45, 2.75) is 37.7 Å². The van der Waals surface area contributed by atoms with Gasteiger partial charge in [0, 0.05) is 30.2 Å². The van der Waals surface area contributed by atoms with Gasteiger partial charge in [-0.05, 0) is 34.4 Å². The number of carbonyl (C=O) groups excluding carboxylic acids is 3. The van der Waals surface area contributed by atoms with E-state index in [4.69, 9.17) is 17.3 Å². The van der Waals surface area contributed by atoms with Gasteiger partial charge in [0.25, 0.3) is 0 Å². The SMILES string of the molecule is COC(=O)Cc1ccc(CS(=O)(=O)NC(Cc2cccc[n+]2[O-])C(=O)NCC(=O)NCc2cc(Cl)ccc2CN)cc1. The Bertz CT molecular complexity index is 1520. The average Bonchev–Trinajstić information content (AvgIpc) is 2.96. The van der Waals surface area contributed by atoms with Crippen molar-refractivity contribution < 1.29 is 32.3 Å². The van der Waals surface area contributed by atoms with Crippen LogP contribution in [0, 0.1) is 5.21 Å². The van der Waals surface area contributed by atoms with Crippen LogP contribution < -0.4 is 25.8 Å². The summed E-state index contributed by atoms with van der Waals surface area (Å²) < 4.78 is 33.6. The first-order valence-electron chi connectivity index (χ1n) is 12.8. The summed E-state index contributed by atoms with van der Waals surface area (Å²) in [4.78, 5) is 37.0. The van der Waals surface area contributed by atoms with Crippen molar-refractivity contribution in [2.24, 2.45) is 5.73 Å². The standard InChI is InChI=1S/C28H32ClN5O7S/c1-41-27(36)12-19-5-7-20(8-6-19)18-42(39,40)33-25(14-24-4-2-3-11-34(24)38)28(37)32-17-26(35)31-16-22-13-23(29)10-9-21(22)15-30/h2-11,13,25,33H,12,14-18,30H2,1H3,(H,31,35)(H,32,37). The number of benzene rings is 2. The maximum Gasteiger partial charge on any atom is 0.309 e. The zero-order chi connectivity index (χ0) is 30.7. The third-order valence-corrected chi connectivity index (χ3v) is 7.79. The molecule has 3 aromatic rings. The Hall–Kier alpha value is -4.04. The largest absolute Gasteiger partial charge is 0.619 e. The van der Waals surface area contributed by atoms with Gasteiger partial charge in [-0.15, -0.1) is 0 Å². The molecule has 0 aliphatic carbocycles. The predicted molar refractivity (Wildman–Crippen MR) is 155 cm³/mol. The van der Waals surface area contributed by atoms with Gasteiger partial charge in [0.15, 0.2) is 11.9 Å². The van der Waals surface area contributed by atoms with Gasteiger partial charge in [0.1, 0.15) is 6.04 Å². The highest BCUT2D eigenvalue weighted by Crippen LogP contribution is 2.16. The van der Waals surface area contributed by atoms with Gasteiger partial charge >= 0.3 is 5.97 Å². The molecule has 224 valence electrons. The van der Waals surface area contributed by atoms with E-state index < -0.39 is 46.1 Å². The molecule has 0 fully saturated rings. The highest BCUT2D eigenvalue weighted by molar-refractivity contribution is 7.88. The lowest BCUT2D eigenvalue weighted by Gasteiger charge is -2.18. The number of halogens is 1.